The van der Waals surface area contributed by atoms with E-state index in [9.17, 15) is 23.6 Å². The van der Waals surface area contributed by atoms with Gasteiger partial charge in [0.05, 0.1) is 66.7 Å². The fraction of sp³-hybridized carbons (Fsp3) is 0.837. The highest BCUT2D eigenvalue weighted by atomic mass is 19.1. The van der Waals surface area contributed by atoms with Gasteiger partial charge in [0.1, 0.15) is 18.3 Å². The molecule has 0 saturated carbocycles. The van der Waals surface area contributed by atoms with E-state index in [-0.39, 0.29) is 78.1 Å². The number of nitrogens with zero attached hydrogens (tertiary/aromatic N) is 8. The monoisotopic (exact) mass is 923 g/mol. The van der Waals surface area contributed by atoms with Crippen molar-refractivity contribution in [1.82, 2.24) is 35.1 Å². The summed E-state index contributed by atoms with van der Waals surface area (Å²) in [5.41, 5.74) is 20.2. The lowest BCUT2D eigenvalue weighted by molar-refractivity contribution is -0.122. The Labute approximate surface area is 385 Å². The van der Waals surface area contributed by atoms with Crippen LogP contribution in [0.25, 0.3) is 0 Å². The number of primary amides is 4. The Morgan fingerprint density at radius 3 is 1.11 bits per heavy atom. The first kappa shape index (κ1) is 58.9. The van der Waals surface area contributed by atoms with Gasteiger partial charge in [-0.15, -0.1) is 0 Å². The zero-order valence-electron chi connectivity index (χ0n) is 39.7. The number of nitrogens with one attached hydrogen (secondary N) is 2. The van der Waals surface area contributed by atoms with Crippen molar-refractivity contribution in [2.24, 2.45) is 40.7 Å². The summed E-state index contributed by atoms with van der Waals surface area (Å²) >= 11 is 0. The number of aliphatic hydroxyl groups is 3. The Balaban J connectivity index is 0.000000379. The van der Waals surface area contributed by atoms with Crippen LogP contribution in [0, 0.1) is 51.7 Å². The summed E-state index contributed by atoms with van der Waals surface area (Å²) in [6.45, 7) is 11.5. The molecule has 22 heteroatoms. The van der Waals surface area contributed by atoms with Crippen molar-refractivity contribution >= 4 is 23.6 Å². The molecule has 0 radical (unpaired) electrons. The Morgan fingerprint density at radius 1 is 0.492 bits per heavy atom. The lowest BCUT2D eigenvalue weighted by atomic mass is 10.1. The molecule has 7 fully saturated rings. The summed E-state index contributed by atoms with van der Waals surface area (Å²) in [6.07, 6.45) is 2.92. The number of aliphatic hydroxyl groups excluding tert-OH is 3. The molecule has 7 saturated heterocycles. The number of rotatable bonds is 4. The molecule has 4 unspecified atom stereocenters. The molecule has 21 nitrogen and oxygen atoms in total. The molecule has 0 aliphatic carbocycles. The predicted octanol–water partition coefficient (Wildman–Crippen LogP) is -3.01. The Morgan fingerprint density at radius 2 is 0.892 bits per heavy atom. The molecular formula is C43H79FN14O7. The van der Waals surface area contributed by atoms with Gasteiger partial charge < -0.3 is 48.9 Å². The zero-order chi connectivity index (χ0) is 49.7. The van der Waals surface area contributed by atoms with Crippen molar-refractivity contribution in [3.63, 3.8) is 0 Å². The standard InChI is InChI=1S/C7H14N2O.C7H12N2.C6H9FN2.C6H12N2O2.C6H10N2O.C6H12N2O.C5H10N2O2/c1-5-3-6(7(8)10)9(2)4-5;1-6-3-7(4-8)9(2)5-6;1-9-4-5(7)2-6(9)3-8;1-8-3-4(9)2-5(8)6(7)10;1-8-4-6(9)2-5(8)3-7;1-4-2-5(6(7)9)8-3-4;6-5(9)4-1-3(8)2-7-4/h5-6H,3-4H2,1-2H3,(H2,8,10);6-7H,3,5H2,1-2H3;5-6H,2,4H2,1H3;4-5,9H,2-3H2,1H3,(H2,7,10);5-6,9H,2,4H2,1H3;4-5,8H,2-3H2,1H3,(H2,7,9);3-4,7-8H,1-2H2,(H2,6,9)/t5-,6?;6-,7+;5-,6-;4-,5?;5-,6+;4-,5?;3-,4?/m1101011/s1. The highest BCUT2D eigenvalue weighted by Gasteiger charge is 2.33. The van der Waals surface area contributed by atoms with Gasteiger partial charge in [-0.1, -0.05) is 20.8 Å². The molecule has 0 aromatic heterocycles. The minimum Gasteiger partial charge on any atom is -0.392 e. The number of nitriles is 3. The first-order valence-electron chi connectivity index (χ1n) is 22.4. The summed E-state index contributed by atoms with van der Waals surface area (Å²) in [7, 11) is 9.36. The first-order chi connectivity index (χ1) is 30.3. The number of β-amino-alcohol motifs (C(OH)–C–C–N with tert-alkyl or cyclic N) is 3. The van der Waals surface area contributed by atoms with Crippen LogP contribution in [0.15, 0.2) is 0 Å². The molecule has 7 aliphatic rings. The quantitative estimate of drug-likeness (QED) is 0.136. The smallest absolute Gasteiger partial charge is 0.234 e. The number of nitrogens with two attached hydrogens (primary N) is 4. The highest BCUT2D eigenvalue weighted by molar-refractivity contribution is 5.81. The van der Waals surface area contributed by atoms with Crippen molar-refractivity contribution < 1.29 is 38.9 Å². The van der Waals surface area contributed by atoms with E-state index in [1.807, 2.05) is 37.0 Å². The number of hydrogen-bond acceptors (Lipinski definition) is 17. The fourth-order valence-corrected chi connectivity index (χ4v) is 8.57. The third-order valence-electron chi connectivity index (χ3n) is 12.3. The summed E-state index contributed by atoms with van der Waals surface area (Å²) in [6, 6.07) is 5.65. The van der Waals surface area contributed by atoms with Crippen LogP contribution in [-0.4, -0.2) is 211 Å². The van der Waals surface area contributed by atoms with E-state index in [1.165, 1.54) is 0 Å². The molecular weight excluding hydrogens is 844 g/mol. The molecule has 65 heavy (non-hydrogen) atoms. The van der Waals surface area contributed by atoms with Crippen LogP contribution in [0.5, 0.6) is 0 Å². The van der Waals surface area contributed by atoms with Crippen LogP contribution >= 0.6 is 0 Å². The largest absolute Gasteiger partial charge is 0.392 e. The minimum absolute atomic E-state index is 0.0185. The number of likely N-dealkylation sites (N-methyl/N-ethyl adjacent to an activating group) is 3. The van der Waals surface area contributed by atoms with E-state index in [0.29, 0.717) is 69.6 Å². The number of alkyl halides is 1. The molecule has 0 spiro atoms. The van der Waals surface area contributed by atoms with Gasteiger partial charge in [0.15, 0.2) is 0 Å². The molecule has 7 rings (SSSR count). The molecule has 0 aromatic carbocycles. The molecule has 4 amide bonds. The fourth-order valence-electron chi connectivity index (χ4n) is 8.57. The summed E-state index contributed by atoms with van der Waals surface area (Å²) < 4.78 is 12.4. The van der Waals surface area contributed by atoms with Gasteiger partial charge >= 0.3 is 0 Å². The van der Waals surface area contributed by atoms with Crippen LogP contribution in [0.3, 0.4) is 0 Å². The summed E-state index contributed by atoms with van der Waals surface area (Å²) in [4.78, 5) is 51.8. The number of likely N-dealkylation sites (tertiary alicyclic amines) is 5. The van der Waals surface area contributed by atoms with Crippen molar-refractivity contribution in [3.8, 4) is 18.2 Å². The number of carbonyl (C=O) groups is 4. The first-order valence-corrected chi connectivity index (χ1v) is 22.4. The lowest BCUT2D eigenvalue weighted by Gasteiger charge is -2.14. The van der Waals surface area contributed by atoms with Crippen molar-refractivity contribution in [2.45, 2.75) is 132 Å². The maximum atomic E-state index is 12.4. The van der Waals surface area contributed by atoms with Gasteiger partial charge in [0.25, 0.3) is 0 Å². The summed E-state index contributed by atoms with van der Waals surface area (Å²) in [5, 5.41) is 58.2. The van der Waals surface area contributed by atoms with E-state index >= 15 is 0 Å². The second-order valence-corrected chi connectivity index (χ2v) is 18.7. The third-order valence-corrected chi connectivity index (χ3v) is 12.3. The second kappa shape index (κ2) is 29.5. The van der Waals surface area contributed by atoms with Crippen LogP contribution in [0.2, 0.25) is 0 Å². The van der Waals surface area contributed by atoms with E-state index in [1.54, 1.807) is 23.9 Å². The SMILES string of the molecule is CN1C[C@@H](F)C[C@H]1C#N.CN1C[C@H](O)CC1C(N)=O.CN1C[C@H](O)C[C@H]1C#N.C[C@@H]1CC(C(N)=O)N(C)C1.C[C@@H]1C[C@@H](C#N)N(C)C1.C[C@H]1CNC(C(N)=O)C1.NC(=O)C1C[C@@H](O)CN1. The van der Waals surface area contributed by atoms with E-state index in [2.05, 4.69) is 48.4 Å². The van der Waals surface area contributed by atoms with Crippen LogP contribution < -0.4 is 33.6 Å². The number of halogens is 1. The minimum atomic E-state index is -0.792. The van der Waals surface area contributed by atoms with Gasteiger partial charge in [-0.25, -0.2) is 4.39 Å². The summed E-state index contributed by atoms with van der Waals surface area (Å²) in [5.74, 6) is 0.779. The normalized spacial score (nSPS) is 35.5. The average Bonchev–Trinajstić information content (AvgIpc) is 4.10. The topological polar surface area (TPSA) is 345 Å². The maximum absolute atomic E-state index is 12.4. The highest BCUT2D eigenvalue weighted by Crippen LogP contribution is 2.21. The third kappa shape index (κ3) is 21.8. The Kier molecular flexibility index (Phi) is 26.7. The van der Waals surface area contributed by atoms with Gasteiger partial charge in [-0.2, -0.15) is 15.8 Å². The van der Waals surface area contributed by atoms with E-state index in [4.69, 9.17) is 54.0 Å². The average molecular weight is 923 g/mol. The van der Waals surface area contributed by atoms with Gasteiger partial charge in [-0.05, 0) is 91.6 Å². The van der Waals surface area contributed by atoms with Crippen LogP contribution in [-0.2, 0) is 19.2 Å². The van der Waals surface area contributed by atoms with E-state index < -0.39 is 12.3 Å². The zero-order valence-corrected chi connectivity index (χ0v) is 39.7. The van der Waals surface area contributed by atoms with Crippen molar-refractivity contribution in [1.29, 1.82) is 15.8 Å². The van der Waals surface area contributed by atoms with Crippen LogP contribution in [0.1, 0.15) is 65.7 Å². The van der Waals surface area contributed by atoms with Crippen molar-refractivity contribution in [2.75, 3.05) is 81.1 Å². The van der Waals surface area contributed by atoms with Gasteiger partial charge in [-0.3, -0.25) is 43.7 Å². The molecule has 14 atom stereocenters. The molecule has 13 N–H and O–H groups in total. The Bertz CT molecular complexity index is 1470. The lowest BCUT2D eigenvalue weighted by Crippen LogP contribution is -2.37. The molecule has 0 bridgehead atoms. The maximum Gasteiger partial charge on any atom is 0.234 e. The number of amides is 4. The Hall–Kier alpha value is -4.12. The number of hydrogen-bond donors (Lipinski definition) is 9. The van der Waals surface area contributed by atoms with Gasteiger partial charge in [0, 0.05) is 52.1 Å². The second-order valence-electron chi connectivity index (χ2n) is 18.7. The molecule has 7 aliphatic heterocycles. The number of carbonyl (C=O) groups excluding carboxylic acids is 4. The van der Waals surface area contributed by atoms with Crippen molar-refractivity contribution in [3.05, 3.63) is 0 Å². The van der Waals surface area contributed by atoms with Crippen LogP contribution in [0.4, 0.5) is 4.39 Å². The van der Waals surface area contributed by atoms with Gasteiger partial charge in [0.2, 0.25) is 23.6 Å². The predicted molar refractivity (Wildman–Crippen MR) is 242 cm³/mol. The molecule has 370 valence electrons. The molecule has 0 aromatic rings. The van der Waals surface area contributed by atoms with E-state index in [0.717, 1.165) is 38.9 Å². The molecule has 7 heterocycles.